The second-order valence-corrected chi connectivity index (χ2v) is 15.0. The van der Waals surface area contributed by atoms with Crippen molar-refractivity contribution in [2.45, 2.75) is 140 Å². The molecule has 3 heterocycles. The minimum Gasteiger partial charge on any atom is -0.480 e. The van der Waals surface area contributed by atoms with E-state index in [-0.39, 0.29) is 38.8 Å². The van der Waals surface area contributed by atoms with Crippen molar-refractivity contribution >= 4 is 47.3 Å². The lowest BCUT2D eigenvalue weighted by molar-refractivity contribution is -0.149. The van der Waals surface area contributed by atoms with Crippen LogP contribution in [0.25, 0.3) is 0 Å². The summed E-state index contributed by atoms with van der Waals surface area (Å²) < 4.78 is 0. The van der Waals surface area contributed by atoms with Crippen molar-refractivity contribution in [3.05, 3.63) is 18.2 Å². The molecule has 2 aliphatic heterocycles. The summed E-state index contributed by atoms with van der Waals surface area (Å²) in [6.07, 6.45) is 6.99. The van der Waals surface area contributed by atoms with Gasteiger partial charge in [0, 0.05) is 31.4 Å². The second-order valence-electron chi connectivity index (χ2n) is 15.0. The molecule has 0 bridgehead atoms. The van der Waals surface area contributed by atoms with E-state index in [0.29, 0.717) is 63.7 Å². The number of carboxylic acid groups (broad SMARTS) is 1. The molecule has 7 amide bonds. The number of imidazole rings is 1. The summed E-state index contributed by atoms with van der Waals surface area (Å²) in [7, 11) is 0. The van der Waals surface area contributed by atoms with Gasteiger partial charge >= 0.3 is 5.97 Å². The first-order valence-electron chi connectivity index (χ1n) is 20.1. The van der Waals surface area contributed by atoms with Crippen LogP contribution in [0.15, 0.2) is 12.5 Å². The van der Waals surface area contributed by atoms with E-state index in [1.165, 1.54) is 43.1 Å². The van der Waals surface area contributed by atoms with E-state index in [1.54, 1.807) is 0 Å². The van der Waals surface area contributed by atoms with Crippen LogP contribution in [0.3, 0.4) is 0 Å². The third kappa shape index (κ3) is 13.8. The Hall–Kier alpha value is -5.15. The molecule has 13 N–H and O–H groups in total. The number of likely N-dealkylation sites (tertiary alicyclic amines) is 2. The van der Waals surface area contributed by atoms with Crippen molar-refractivity contribution in [1.29, 1.82) is 0 Å². The van der Waals surface area contributed by atoms with Crippen molar-refractivity contribution in [1.82, 2.24) is 46.4 Å². The van der Waals surface area contributed by atoms with Gasteiger partial charge in [-0.25, -0.2) is 9.78 Å². The van der Waals surface area contributed by atoms with E-state index in [2.05, 4.69) is 36.6 Å². The number of rotatable bonds is 23. The summed E-state index contributed by atoms with van der Waals surface area (Å²) in [5.74, 6) is -5.34. The number of carbonyl (C=O) groups is 8. The molecule has 21 heteroatoms. The van der Waals surface area contributed by atoms with Crippen LogP contribution in [0.2, 0.25) is 0 Å². The molecule has 0 saturated carbocycles. The lowest BCUT2D eigenvalue weighted by atomic mass is 10.0. The molecule has 2 fully saturated rings. The zero-order chi connectivity index (χ0) is 42.9. The first kappa shape index (κ1) is 47.2. The largest absolute Gasteiger partial charge is 0.480 e. The van der Waals surface area contributed by atoms with Crippen LogP contribution in [0.4, 0.5) is 0 Å². The molecular formula is C37H62N12O9. The molecule has 0 aliphatic carbocycles. The number of amides is 7. The van der Waals surface area contributed by atoms with Gasteiger partial charge in [-0.1, -0.05) is 0 Å². The number of nitrogens with zero attached hydrogens (tertiary/aromatic N) is 3. The maximum Gasteiger partial charge on any atom is 0.326 e. The Labute approximate surface area is 338 Å². The Morgan fingerprint density at radius 3 is 1.84 bits per heavy atom. The van der Waals surface area contributed by atoms with Crippen molar-refractivity contribution < 1.29 is 43.5 Å². The molecule has 2 saturated heterocycles. The van der Waals surface area contributed by atoms with Crippen molar-refractivity contribution in [3.63, 3.8) is 0 Å². The highest BCUT2D eigenvalue weighted by Gasteiger charge is 2.40. The van der Waals surface area contributed by atoms with Crippen molar-refractivity contribution in [2.75, 3.05) is 26.2 Å². The van der Waals surface area contributed by atoms with Gasteiger partial charge in [-0.2, -0.15) is 0 Å². The molecule has 1 aromatic heterocycles. The topological polar surface area (TPSA) is 330 Å². The predicted octanol–water partition coefficient (Wildman–Crippen LogP) is -2.91. The van der Waals surface area contributed by atoms with E-state index < -0.39 is 95.7 Å². The number of unbranched alkanes of at least 4 members (excludes halogenated alkanes) is 2. The molecule has 1 aromatic rings. The average Bonchev–Trinajstić information content (AvgIpc) is 3.99. The summed E-state index contributed by atoms with van der Waals surface area (Å²) in [4.78, 5) is 115. The normalized spacial score (nSPS) is 19.6. The van der Waals surface area contributed by atoms with Crippen LogP contribution in [-0.2, 0) is 44.8 Å². The Morgan fingerprint density at radius 1 is 0.724 bits per heavy atom. The summed E-state index contributed by atoms with van der Waals surface area (Å²) in [5.41, 5.74) is 17.6. The van der Waals surface area contributed by atoms with E-state index in [4.69, 9.17) is 17.2 Å². The highest BCUT2D eigenvalue weighted by Crippen LogP contribution is 2.21. The van der Waals surface area contributed by atoms with Gasteiger partial charge in [0.25, 0.3) is 0 Å². The molecule has 8 atom stereocenters. The molecular weight excluding hydrogens is 756 g/mol. The zero-order valence-electron chi connectivity index (χ0n) is 33.7. The third-order valence-corrected chi connectivity index (χ3v) is 10.3. The molecule has 0 radical (unpaired) electrons. The van der Waals surface area contributed by atoms with Crippen LogP contribution in [-0.4, -0.2) is 147 Å². The summed E-state index contributed by atoms with van der Waals surface area (Å²) in [6, 6.07) is -8.32. The second kappa shape index (κ2) is 23.3. The number of nitrogens with one attached hydrogen (secondary N) is 6. The molecule has 324 valence electrons. The first-order valence-corrected chi connectivity index (χ1v) is 20.1. The monoisotopic (exact) mass is 818 g/mol. The minimum atomic E-state index is -1.14. The van der Waals surface area contributed by atoms with Crippen LogP contribution >= 0.6 is 0 Å². The van der Waals surface area contributed by atoms with Crippen LogP contribution < -0.4 is 43.8 Å². The number of H-pyrrole nitrogens is 1. The minimum absolute atomic E-state index is 0.0374. The molecule has 21 nitrogen and oxygen atoms in total. The van der Waals surface area contributed by atoms with Gasteiger partial charge in [-0.3, -0.25) is 33.6 Å². The van der Waals surface area contributed by atoms with Crippen LogP contribution in [0.5, 0.6) is 0 Å². The van der Waals surface area contributed by atoms with E-state index >= 15 is 0 Å². The zero-order valence-corrected chi connectivity index (χ0v) is 33.7. The lowest BCUT2D eigenvalue weighted by Crippen LogP contribution is -2.59. The Morgan fingerprint density at radius 2 is 1.28 bits per heavy atom. The number of nitrogens with two attached hydrogens (primary N) is 3. The van der Waals surface area contributed by atoms with Gasteiger partial charge in [0.15, 0.2) is 0 Å². The number of aliphatic carboxylic acids is 1. The summed E-state index contributed by atoms with van der Waals surface area (Å²) >= 11 is 0. The van der Waals surface area contributed by atoms with Crippen LogP contribution in [0.1, 0.15) is 90.7 Å². The Balaban J connectivity index is 1.71. The fourth-order valence-corrected chi connectivity index (χ4v) is 7.00. The first-order chi connectivity index (χ1) is 27.6. The lowest BCUT2D eigenvalue weighted by Gasteiger charge is -2.31. The molecule has 3 rings (SSSR count). The molecule has 0 unspecified atom stereocenters. The third-order valence-electron chi connectivity index (χ3n) is 10.3. The van der Waals surface area contributed by atoms with Crippen molar-refractivity contribution in [2.24, 2.45) is 17.2 Å². The smallest absolute Gasteiger partial charge is 0.326 e. The number of aromatic amines is 1. The van der Waals surface area contributed by atoms with Crippen molar-refractivity contribution in [3.8, 4) is 0 Å². The van der Waals surface area contributed by atoms with E-state index in [0.717, 1.165) is 0 Å². The number of hydrogen-bond acceptors (Lipinski definition) is 12. The number of carboxylic acids is 1. The Bertz CT molecular complexity index is 1580. The fourth-order valence-electron chi connectivity index (χ4n) is 7.00. The molecule has 0 aromatic carbocycles. The SMILES string of the molecule is C[C@H](N)C(=O)N[C@@H](Cc1cnc[nH]1)C(=O)N[C@@H](C)C(=O)N[C@@H](CCCCN)C(=O)N1CCC[C@H]1C(=O)N[C@@H](CCCCN)C(=O)N[C@@H](C)C(=O)N1CCC[C@H]1C(=O)O. The molecule has 58 heavy (non-hydrogen) atoms. The number of hydrogen-bond donors (Lipinski definition) is 10. The maximum absolute atomic E-state index is 14.1. The molecule has 0 spiro atoms. The van der Waals surface area contributed by atoms with E-state index in [1.807, 2.05) is 0 Å². The van der Waals surface area contributed by atoms with E-state index in [9.17, 15) is 43.5 Å². The predicted molar refractivity (Wildman–Crippen MR) is 210 cm³/mol. The van der Waals surface area contributed by atoms with Gasteiger partial charge in [0.05, 0.1) is 12.4 Å². The highest BCUT2D eigenvalue weighted by atomic mass is 16.4. The molecule has 2 aliphatic rings. The maximum atomic E-state index is 14.1. The summed E-state index contributed by atoms with van der Waals surface area (Å²) in [6.45, 7) is 5.50. The highest BCUT2D eigenvalue weighted by molar-refractivity contribution is 5.97. The van der Waals surface area contributed by atoms with Gasteiger partial charge in [-0.05, 0) is 98.1 Å². The average molecular weight is 819 g/mol. The number of carbonyl (C=O) groups excluding carboxylic acids is 7. The summed E-state index contributed by atoms with van der Waals surface area (Å²) in [5, 5.41) is 22.8. The fraction of sp³-hybridized carbons (Fsp3) is 0.703. The van der Waals surface area contributed by atoms with Gasteiger partial charge in [0.2, 0.25) is 41.4 Å². The van der Waals surface area contributed by atoms with Crippen LogP contribution in [0, 0.1) is 0 Å². The Kier molecular flexibility index (Phi) is 19.0. The quantitative estimate of drug-likeness (QED) is 0.0496. The van der Waals surface area contributed by atoms with Gasteiger partial charge < -0.3 is 63.7 Å². The van der Waals surface area contributed by atoms with Gasteiger partial charge in [0.1, 0.15) is 42.3 Å². The number of aromatic nitrogens is 2. The van der Waals surface area contributed by atoms with Gasteiger partial charge in [-0.15, -0.1) is 0 Å². The standard InChI is InChI=1S/C37H62N12O9/c1-21(40)30(50)47-27(18-24-19-41-20-42-24)33(53)43-22(2)31(51)46-26(11-5-7-15-39)36(56)48-16-8-12-28(48)34(54)45-25(10-4-6-14-38)32(52)44-23(3)35(55)49-17-9-13-29(49)37(57)58/h19-23,25-29H,4-18,38-40H2,1-3H3,(H,41,42)(H,43,53)(H,44,52)(H,45,54)(H,46,51)(H,47,50)(H,57,58)/t21-,22-,23-,25-,26-,27-,28-,29-/m0/s1.